The van der Waals surface area contributed by atoms with Crippen LogP contribution in [-0.2, 0) is 13.0 Å². The molecule has 196 valence electrons. The predicted molar refractivity (Wildman–Crippen MR) is 144 cm³/mol. The van der Waals surface area contributed by atoms with Gasteiger partial charge in [-0.2, -0.15) is 0 Å². The first-order valence-corrected chi connectivity index (χ1v) is 12.6. The monoisotopic (exact) mass is 504 g/mol. The van der Waals surface area contributed by atoms with Crippen LogP contribution in [0.15, 0.2) is 60.7 Å². The van der Waals surface area contributed by atoms with E-state index in [1.807, 2.05) is 12.1 Å². The molecule has 0 bridgehead atoms. The summed E-state index contributed by atoms with van der Waals surface area (Å²) in [5, 5.41) is 3.32. The molecule has 0 fully saturated rings. The standard InChI is InChI=1S/C30H36N2O5/c1-6-26(31-30(33)21-9-13-24(35-3)14-10-21)29-25-18-28(37-5)27(36-4)17-22(25)15-16-32(29)19-20-7-11-23(34-2)12-8-20/h7-14,17-18,26,29H,6,15-16,19H2,1-5H3,(H,31,33)/t26-,29+/m1/s1. The summed E-state index contributed by atoms with van der Waals surface area (Å²) < 4.78 is 21.8. The Morgan fingerprint density at radius 1 is 0.892 bits per heavy atom. The Morgan fingerprint density at radius 2 is 1.49 bits per heavy atom. The molecule has 0 saturated heterocycles. The van der Waals surface area contributed by atoms with Crippen LogP contribution in [0.25, 0.3) is 0 Å². The van der Waals surface area contributed by atoms with E-state index in [9.17, 15) is 4.79 Å². The molecule has 3 aromatic rings. The maximum absolute atomic E-state index is 13.3. The zero-order chi connectivity index (χ0) is 26.4. The fraction of sp³-hybridized carbons (Fsp3) is 0.367. The van der Waals surface area contributed by atoms with Crippen LogP contribution in [-0.4, -0.2) is 51.8 Å². The van der Waals surface area contributed by atoms with Crippen molar-refractivity contribution in [2.45, 2.75) is 38.4 Å². The van der Waals surface area contributed by atoms with E-state index in [0.29, 0.717) is 11.3 Å². The van der Waals surface area contributed by atoms with Crippen LogP contribution in [0.2, 0.25) is 0 Å². The molecule has 0 saturated carbocycles. The van der Waals surface area contributed by atoms with Crippen molar-refractivity contribution in [2.24, 2.45) is 0 Å². The first-order valence-electron chi connectivity index (χ1n) is 12.6. The normalized spacial score (nSPS) is 15.9. The van der Waals surface area contributed by atoms with Crippen LogP contribution < -0.4 is 24.3 Å². The van der Waals surface area contributed by atoms with E-state index < -0.39 is 0 Å². The van der Waals surface area contributed by atoms with Crippen molar-refractivity contribution >= 4 is 5.91 Å². The highest BCUT2D eigenvalue weighted by molar-refractivity contribution is 5.94. The number of fused-ring (bicyclic) bond motifs is 1. The largest absolute Gasteiger partial charge is 0.497 e. The summed E-state index contributed by atoms with van der Waals surface area (Å²) in [6.45, 7) is 3.71. The maximum Gasteiger partial charge on any atom is 0.251 e. The fourth-order valence-electron chi connectivity index (χ4n) is 5.04. The Morgan fingerprint density at radius 3 is 2.05 bits per heavy atom. The Bertz CT molecular complexity index is 1190. The highest BCUT2D eigenvalue weighted by Crippen LogP contribution is 2.40. The molecule has 7 nitrogen and oxygen atoms in total. The van der Waals surface area contributed by atoms with Gasteiger partial charge in [-0.3, -0.25) is 9.69 Å². The van der Waals surface area contributed by atoms with E-state index in [4.69, 9.17) is 18.9 Å². The average Bonchev–Trinajstić information content (AvgIpc) is 2.95. The lowest BCUT2D eigenvalue weighted by atomic mass is 9.86. The lowest BCUT2D eigenvalue weighted by molar-refractivity contribution is 0.0859. The molecule has 7 heteroatoms. The second-order valence-corrected chi connectivity index (χ2v) is 9.14. The van der Waals surface area contributed by atoms with Crippen LogP contribution in [0.3, 0.4) is 0 Å². The molecule has 37 heavy (non-hydrogen) atoms. The van der Waals surface area contributed by atoms with Crippen molar-refractivity contribution in [1.82, 2.24) is 10.2 Å². The minimum Gasteiger partial charge on any atom is -0.497 e. The van der Waals surface area contributed by atoms with Gasteiger partial charge in [0.15, 0.2) is 11.5 Å². The van der Waals surface area contributed by atoms with Gasteiger partial charge in [-0.1, -0.05) is 19.1 Å². The second kappa shape index (κ2) is 12.0. The third-order valence-electron chi connectivity index (χ3n) is 7.06. The van der Waals surface area contributed by atoms with Crippen molar-refractivity contribution in [3.63, 3.8) is 0 Å². The number of carbonyl (C=O) groups is 1. The molecule has 0 radical (unpaired) electrons. The molecule has 0 aromatic heterocycles. The topological polar surface area (TPSA) is 69.3 Å². The number of methoxy groups -OCH3 is 4. The van der Waals surface area contributed by atoms with Crippen LogP contribution in [0, 0.1) is 0 Å². The van der Waals surface area contributed by atoms with E-state index >= 15 is 0 Å². The van der Waals surface area contributed by atoms with Gasteiger partial charge in [0.2, 0.25) is 0 Å². The highest BCUT2D eigenvalue weighted by Gasteiger charge is 2.35. The van der Waals surface area contributed by atoms with Crippen LogP contribution in [0.4, 0.5) is 0 Å². The van der Waals surface area contributed by atoms with E-state index in [2.05, 4.69) is 41.4 Å². The van der Waals surface area contributed by atoms with Crippen LogP contribution in [0.5, 0.6) is 23.0 Å². The van der Waals surface area contributed by atoms with E-state index in [1.54, 1.807) is 52.7 Å². The van der Waals surface area contributed by atoms with Gasteiger partial charge in [-0.15, -0.1) is 0 Å². The van der Waals surface area contributed by atoms with Gasteiger partial charge in [0.1, 0.15) is 11.5 Å². The first kappa shape index (κ1) is 26.4. The minimum absolute atomic E-state index is 0.0437. The van der Waals surface area contributed by atoms with E-state index in [1.165, 1.54) is 11.1 Å². The smallest absolute Gasteiger partial charge is 0.251 e. The molecular weight excluding hydrogens is 468 g/mol. The van der Waals surface area contributed by atoms with Gasteiger partial charge < -0.3 is 24.3 Å². The van der Waals surface area contributed by atoms with Gasteiger partial charge in [-0.05, 0) is 78.1 Å². The summed E-state index contributed by atoms with van der Waals surface area (Å²) in [6, 6.07) is 19.3. The van der Waals surface area contributed by atoms with Gasteiger partial charge in [0, 0.05) is 24.7 Å². The SMILES string of the molecule is CC[C@@H](NC(=O)c1ccc(OC)cc1)[C@@H]1c2cc(OC)c(OC)cc2CCN1Cc1ccc(OC)cc1. The molecule has 0 unspecified atom stereocenters. The maximum atomic E-state index is 13.3. The van der Waals surface area contributed by atoms with Crippen molar-refractivity contribution < 1.29 is 23.7 Å². The second-order valence-electron chi connectivity index (χ2n) is 9.14. The van der Waals surface area contributed by atoms with Gasteiger partial charge in [0.25, 0.3) is 5.91 Å². The molecule has 1 aliphatic heterocycles. The summed E-state index contributed by atoms with van der Waals surface area (Å²) >= 11 is 0. The molecule has 2 atom stereocenters. The van der Waals surface area contributed by atoms with E-state index in [0.717, 1.165) is 48.7 Å². The molecular formula is C30H36N2O5. The quantitative estimate of drug-likeness (QED) is 0.418. The third kappa shape index (κ3) is 5.83. The van der Waals surface area contributed by atoms with Crippen molar-refractivity contribution in [2.75, 3.05) is 35.0 Å². The molecule has 3 aromatic carbocycles. The summed E-state index contributed by atoms with van der Waals surface area (Å²) in [6.07, 6.45) is 1.64. The first-order chi connectivity index (χ1) is 18.0. The molecule has 4 rings (SSSR count). The predicted octanol–water partition coefficient (Wildman–Crippen LogP) is 5.03. The minimum atomic E-state index is -0.120. The molecule has 0 spiro atoms. The van der Waals surface area contributed by atoms with Crippen LogP contribution >= 0.6 is 0 Å². The van der Waals surface area contributed by atoms with E-state index in [-0.39, 0.29) is 18.0 Å². The van der Waals surface area contributed by atoms with Crippen molar-refractivity contribution in [3.05, 3.63) is 82.9 Å². The Balaban J connectivity index is 1.69. The molecule has 1 aliphatic rings. The summed E-state index contributed by atoms with van der Waals surface area (Å²) in [4.78, 5) is 15.7. The number of carbonyl (C=O) groups excluding carboxylic acids is 1. The number of nitrogens with one attached hydrogen (secondary N) is 1. The number of amides is 1. The lowest BCUT2D eigenvalue weighted by Gasteiger charge is -2.42. The zero-order valence-electron chi connectivity index (χ0n) is 22.2. The third-order valence-corrected chi connectivity index (χ3v) is 7.06. The average molecular weight is 505 g/mol. The van der Waals surface area contributed by atoms with Crippen molar-refractivity contribution in [1.29, 1.82) is 0 Å². The summed E-state index contributed by atoms with van der Waals surface area (Å²) in [5.41, 5.74) is 4.15. The fourth-order valence-corrected chi connectivity index (χ4v) is 5.04. The number of benzene rings is 3. The Hall–Kier alpha value is -3.71. The molecule has 1 heterocycles. The van der Waals surface area contributed by atoms with Crippen LogP contribution in [0.1, 0.15) is 46.4 Å². The molecule has 0 aliphatic carbocycles. The zero-order valence-corrected chi connectivity index (χ0v) is 22.2. The number of ether oxygens (including phenoxy) is 4. The summed E-state index contributed by atoms with van der Waals surface area (Å²) in [5.74, 6) is 2.86. The lowest BCUT2D eigenvalue weighted by Crippen LogP contribution is -2.48. The highest BCUT2D eigenvalue weighted by atomic mass is 16.5. The van der Waals surface area contributed by atoms with Gasteiger partial charge in [-0.25, -0.2) is 0 Å². The van der Waals surface area contributed by atoms with Gasteiger partial charge in [0.05, 0.1) is 34.5 Å². The summed E-state index contributed by atoms with van der Waals surface area (Å²) in [7, 11) is 6.60. The number of nitrogens with zero attached hydrogens (tertiary/aromatic N) is 1. The van der Waals surface area contributed by atoms with Gasteiger partial charge >= 0.3 is 0 Å². The molecule has 1 N–H and O–H groups in total. The van der Waals surface area contributed by atoms with Crippen molar-refractivity contribution in [3.8, 4) is 23.0 Å². The number of rotatable bonds is 10. The molecule has 1 amide bonds. The Labute approximate surface area is 219 Å². The number of hydrogen-bond donors (Lipinski definition) is 1. The Kier molecular flexibility index (Phi) is 8.56. The number of hydrogen-bond acceptors (Lipinski definition) is 6.